The van der Waals surface area contributed by atoms with Crippen LogP contribution in [0.4, 0.5) is 10.2 Å². The van der Waals surface area contributed by atoms with Gasteiger partial charge in [0.1, 0.15) is 0 Å². The van der Waals surface area contributed by atoms with Crippen molar-refractivity contribution in [2.45, 2.75) is 46.1 Å². The third kappa shape index (κ3) is 5.19. The van der Waals surface area contributed by atoms with Gasteiger partial charge in [-0.3, -0.25) is 4.99 Å². The number of guanidine groups is 1. The molecule has 1 fully saturated rings. The van der Waals surface area contributed by atoms with Crippen LogP contribution in [0.1, 0.15) is 35.8 Å². The van der Waals surface area contributed by atoms with Gasteiger partial charge in [0.2, 0.25) is 0 Å². The van der Waals surface area contributed by atoms with Gasteiger partial charge in [-0.05, 0) is 38.8 Å². The summed E-state index contributed by atoms with van der Waals surface area (Å²) in [6.45, 7) is 9.31. The number of aryl methyl sites for hydroxylation is 2. The number of rotatable bonds is 7. The fourth-order valence-electron chi connectivity index (χ4n) is 3.38. The molecule has 2 aromatic heterocycles. The predicted octanol–water partition coefficient (Wildman–Crippen LogP) is 2.92. The maximum Gasteiger partial charge on any atom is 0.191 e. The summed E-state index contributed by atoms with van der Waals surface area (Å²) in [7, 11) is 0. The zero-order chi connectivity index (χ0) is 19.9. The van der Waals surface area contributed by atoms with E-state index in [9.17, 15) is 4.39 Å². The average molecular weight is 405 g/mol. The number of pyridine rings is 1. The van der Waals surface area contributed by atoms with Crippen LogP contribution in [0.25, 0.3) is 0 Å². The first kappa shape index (κ1) is 20.5. The number of nitrogens with one attached hydrogen (secondary N) is 2. The molecule has 0 bridgehead atoms. The quantitative estimate of drug-likeness (QED) is 0.549. The molecule has 1 aliphatic rings. The van der Waals surface area contributed by atoms with Gasteiger partial charge >= 0.3 is 0 Å². The number of aliphatic imine (C=N–C) groups is 1. The van der Waals surface area contributed by atoms with Gasteiger partial charge in [-0.15, -0.1) is 11.3 Å². The fourth-order valence-corrected chi connectivity index (χ4v) is 4.39. The number of halogens is 1. The van der Waals surface area contributed by atoms with Crippen LogP contribution >= 0.6 is 11.3 Å². The molecular formula is C20H29FN6S. The van der Waals surface area contributed by atoms with Gasteiger partial charge in [0.05, 0.1) is 10.7 Å². The maximum atomic E-state index is 14.0. The van der Waals surface area contributed by atoms with Gasteiger partial charge < -0.3 is 15.5 Å². The van der Waals surface area contributed by atoms with E-state index in [4.69, 9.17) is 4.99 Å². The maximum absolute atomic E-state index is 14.0. The lowest BCUT2D eigenvalue weighted by Crippen LogP contribution is -2.44. The van der Waals surface area contributed by atoms with Crippen LogP contribution < -0.4 is 15.5 Å². The second-order valence-corrected chi connectivity index (χ2v) is 8.15. The predicted molar refractivity (Wildman–Crippen MR) is 114 cm³/mol. The molecule has 8 heteroatoms. The van der Waals surface area contributed by atoms with Crippen LogP contribution in [-0.4, -0.2) is 48.1 Å². The third-order valence-electron chi connectivity index (χ3n) is 4.78. The lowest BCUT2D eigenvalue weighted by atomic mass is 10.3. The lowest BCUT2D eigenvalue weighted by Gasteiger charge is -2.19. The number of hydrogen-bond acceptors (Lipinski definition) is 5. The van der Waals surface area contributed by atoms with Gasteiger partial charge in [-0.25, -0.2) is 14.4 Å². The molecular weight excluding hydrogens is 375 g/mol. The van der Waals surface area contributed by atoms with E-state index in [1.165, 1.54) is 16.6 Å². The number of nitrogens with zero attached hydrogens (tertiary/aromatic N) is 4. The van der Waals surface area contributed by atoms with Crippen LogP contribution in [0, 0.1) is 12.7 Å². The van der Waals surface area contributed by atoms with Crippen molar-refractivity contribution in [2.24, 2.45) is 4.99 Å². The summed E-state index contributed by atoms with van der Waals surface area (Å²) in [5.41, 5.74) is 1.20. The highest BCUT2D eigenvalue weighted by atomic mass is 32.1. The van der Waals surface area contributed by atoms with Crippen molar-refractivity contribution in [3.8, 4) is 0 Å². The molecule has 2 N–H and O–H groups in total. The SMILES string of the molecule is CCNC(=NCCc1nc(CC)c(C)s1)NC1CCN(c2ncccc2F)C1. The normalized spacial score (nSPS) is 17.2. The number of aromatic nitrogens is 2. The first-order valence-electron chi connectivity index (χ1n) is 9.96. The zero-order valence-electron chi connectivity index (χ0n) is 16.8. The number of hydrogen-bond donors (Lipinski definition) is 2. The standard InChI is InChI=1S/C20H29FN6S/c1-4-17-14(3)28-18(26-17)8-11-24-20(22-5-2)25-15-9-12-27(13-15)19-16(21)7-6-10-23-19/h6-7,10,15H,4-5,8-9,11-13H2,1-3H3,(H2,22,24,25). The molecule has 28 heavy (non-hydrogen) atoms. The Morgan fingerprint density at radius 1 is 1.43 bits per heavy atom. The van der Waals surface area contributed by atoms with E-state index in [2.05, 4.69) is 41.4 Å². The minimum Gasteiger partial charge on any atom is -0.357 e. The van der Waals surface area contributed by atoms with E-state index in [1.807, 2.05) is 4.90 Å². The molecule has 2 aromatic rings. The molecule has 0 radical (unpaired) electrons. The van der Waals surface area contributed by atoms with Crippen molar-refractivity contribution in [3.63, 3.8) is 0 Å². The van der Waals surface area contributed by atoms with Crippen molar-refractivity contribution >= 4 is 23.1 Å². The molecule has 6 nitrogen and oxygen atoms in total. The van der Waals surface area contributed by atoms with E-state index in [0.29, 0.717) is 18.9 Å². The van der Waals surface area contributed by atoms with E-state index in [1.54, 1.807) is 23.6 Å². The second kappa shape index (κ2) is 9.82. The van der Waals surface area contributed by atoms with Crippen LogP contribution in [-0.2, 0) is 12.8 Å². The van der Waals surface area contributed by atoms with Crippen molar-refractivity contribution in [2.75, 3.05) is 31.1 Å². The van der Waals surface area contributed by atoms with Crippen LogP contribution in [0.2, 0.25) is 0 Å². The van der Waals surface area contributed by atoms with E-state index < -0.39 is 0 Å². The topological polar surface area (TPSA) is 65.4 Å². The molecule has 1 unspecified atom stereocenters. The summed E-state index contributed by atoms with van der Waals surface area (Å²) in [4.78, 5) is 16.9. The van der Waals surface area contributed by atoms with Crippen LogP contribution in [0.5, 0.6) is 0 Å². The smallest absolute Gasteiger partial charge is 0.191 e. The van der Waals surface area contributed by atoms with Gasteiger partial charge in [0, 0.05) is 49.7 Å². The molecule has 1 aliphatic heterocycles. The third-order valence-corrected chi connectivity index (χ3v) is 5.85. The van der Waals surface area contributed by atoms with E-state index in [-0.39, 0.29) is 11.9 Å². The molecule has 3 rings (SSSR count). The van der Waals surface area contributed by atoms with Gasteiger partial charge in [0.25, 0.3) is 0 Å². The Kier molecular flexibility index (Phi) is 7.19. The Morgan fingerprint density at radius 2 is 2.29 bits per heavy atom. The highest BCUT2D eigenvalue weighted by Gasteiger charge is 2.25. The zero-order valence-corrected chi connectivity index (χ0v) is 17.7. The van der Waals surface area contributed by atoms with Gasteiger partial charge in [0.15, 0.2) is 17.6 Å². The van der Waals surface area contributed by atoms with E-state index in [0.717, 1.165) is 43.3 Å². The van der Waals surface area contributed by atoms with E-state index >= 15 is 0 Å². The van der Waals surface area contributed by atoms with Crippen molar-refractivity contribution < 1.29 is 4.39 Å². The second-order valence-electron chi connectivity index (χ2n) is 6.86. The summed E-state index contributed by atoms with van der Waals surface area (Å²) >= 11 is 1.77. The van der Waals surface area contributed by atoms with Crippen molar-refractivity contribution in [1.29, 1.82) is 0 Å². The molecule has 0 saturated carbocycles. The summed E-state index contributed by atoms with van der Waals surface area (Å²) < 4.78 is 14.0. The molecule has 0 aromatic carbocycles. The minimum absolute atomic E-state index is 0.216. The largest absolute Gasteiger partial charge is 0.357 e. The van der Waals surface area contributed by atoms with Crippen LogP contribution in [0.15, 0.2) is 23.3 Å². The Hall–Kier alpha value is -2.22. The first-order valence-corrected chi connectivity index (χ1v) is 10.8. The first-order chi connectivity index (χ1) is 13.6. The van der Waals surface area contributed by atoms with Crippen molar-refractivity contribution in [1.82, 2.24) is 20.6 Å². The average Bonchev–Trinajstić information content (AvgIpc) is 3.28. The van der Waals surface area contributed by atoms with Crippen molar-refractivity contribution in [3.05, 3.63) is 39.7 Å². The minimum atomic E-state index is -0.270. The van der Waals surface area contributed by atoms with Crippen LogP contribution in [0.3, 0.4) is 0 Å². The Morgan fingerprint density at radius 3 is 3.00 bits per heavy atom. The van der Waals surface area contributed by atoms with Gasteiger partial charge in [-0.1, -0.05) is 6.92 Å². The molecule has 152 valence electrons. The highest BCUT2D eigenvalue weighted by molar-refractivity contribution is 7.11. The molecule has 1 atom stereocenters. The summed E-state index contributed by atoms with van der Waals surface area (Å²) in [6.07, 6.45) is 4.38. The number of anilines is 1. The molecule has 1 saturated heterocycles. The Bertz CT molecular complexity index is 806. The highest BCUT2D eigenvalue weighted by Crippen LogP contribution is 2.21. The Labute approximate surface area is 170 Å². The molecule has 0 aliphatic carbocycles. The Balaban J connectivity index is 1.55. The number of thiazole rings is 1. The molecule has 0 spiro atoms. The van der Waals surface area contributed by atoms with Gasteiger partial charge in [-0.2, -0.15) is 0 Å². The lowest BCUT2D eigenvalue weighted by molar-refractivity contribution is 0.612. The fraction of sp³-hybridized carbons (Fsp3) is 0.550. The summed E-state index contributed by atoms with van der Waals surface area (Å²) in [5, 5.41) is 7.93. The molecule has 0 amide bonds. The summed E-state index contributed by atoms with van der Waals surface area (Å²) in [6, 6.07) is 3.29. The monoisotopic (exact) mass is 404 g/mol. The molecule has 3 heterocycles. The summed E-state index contributed by atoms with van der Waals surface area (Å²) in [5.74, 6) is 0.966.